The van der Waals surface area contributed by atoms with Crippen molar-refractivity contribution in [2.75, 3.05) is 5.73 Å². The van der Waals surface area contributed by atoms with E-state index in [4.69, 9.17) is 10.5 Å². The SMILES string of the molecule is CCc1nc(N)c(C)c(OCc2ccccc2F)n1. The second kappa shape index (κ2) is 5.65. The lowest BCUT2D eigenvalue weighted by Crippen LogP contribution is -2.07. The van der Waals surface area contributed by atoms with Gasteiger partial charge in [-0.15, -0.1) is 0 Å². The van der Waals surface area contributed by atoms with Crippen LogP contribution < -0.4 is 10.5 Å². The summed E-state index contributed by atoms with van der Waals surface area (Å²) in [5, 5.41) is 0. The monoisotopic (exact) mass is 261 g/mol. The van der Waals surface area contributed by atoms with Gasteiger partial charge in [-0.1, -0.05) is 25.1 Å². The topological polar surface area (TPSA) is 61.0 Å². The molecule has 100 valence electrons. The van der Waals surface area contributed by atoms with Crippen molar-refractivity contribution in [2.45, 2.75) is 26.9 Å². The van der Waals surface area contributed by atoms with Crippen LogP contribution in [0, 0.1) is 12.7 Å². The summed E-state index contributed by atoms with van der Waals surface area (Å²) in [5.74, 6) is 1.13. The van der Waals surface area contributed by atoms with Gasteiger partial charge in [-0.2, -0.15) is 4.98 Å². The predicted octanol–water partition coefficient (Wildman–Crippen LogP) is 2.65. The number of nitrogen functional groups attached to an aromatic ring is 1. The zero-order chi connectivity index (χ0) is 13.8. The van der Waals surface area contributed by atoms with Crippen LogP contribution in [0.25, 0.3) is 0 Å². The van der Waals surface area contributed by atoms with Crippen molar-refractivity contribution in [3.8, 4) is 5.88 Å². The van der Waals surface area contributed by atoms with Crippen LogP contribution in [0.4, 0.5) is 10.2 Å². The van der Waals surface area contributed by atoms with Crippen molar-refractivity contribution in [3.05, 3.63) is 47.0 Å². The molecule has 1 aromatic heterocycles. The average Bonchev–Trinajstić information content (AvgIpc) is 2.42. The van der Waals surface area contributed by atoms with Gasteiger partial charge < -0.3 is 10.5 Å². The molecule has 1 heterocycles. The molecule has 0 bridgehead atoms. The van der Waals surface area contributed by atoms with Gasteiger partial charge in [-0.3, -0.25) is 0 Å². The van der Waals surface area contributed by atoms with E-state index in [1.54, 1.807) is 25.1 Å². The molecule has 19 heavy (non-hydrogen) atoms. The minimum atomic E-state index is -0.294. The summed E-state index contributed by atoms with van der Waals surface area (Å²) in [5.41, 5.74) is 6.95. The molecule has 0 fully saturated rings. The number of anilines is 1. The Morgan fingerprint density at radius 1 is 1.26 bits per heavy atom. The lowest BCUT2D eigenvalue weighted by molar-refractivity contribution is 0.284. The standard InChI is InChI=1S/C14H16FN3O/c1-3-12-17-13(16)9(2)14(18-12)19-8-10-6-4-5-7-11(10)15/h4-7H,3,8H2,1-2H3,(H2,16,17,18). The molecule has 0 aliphatic heterocycles. The first-order valence-electron chi connectivity index (χ1n) is 6.11. The van der Waals surface area contributed by atoms with E-state index >= 15 is 0 Å². The van der Waals surface area contributed by atoms with Crippen molar-refractivity contribution in [2.24, 2.45) is 0 Å². The van der Waals surface area contributed by atoms with Gasteiger partial charge in [0.15, 0.2) is 0 Å². The molecule has 0 unspecified atom stereocenters. The number of nitrogens with zero attached hydrogens (tertiary/aromatic N) is 2. The molecule has 0 spiro atoms. The van der Waals surface area contributed by atoms with Crippen molar-refractivity contribution in [3.63, 3.8) is 0 Å². The number of hydrogen-bond donors (Lipinski definition) is 1. The number of rotatable bonds is 4. The summed E-state index contributed by atoms with van der Waals surface area (Å²) in [4.78, 5) is 8.40. The fourth-order valence-electron chi connectivity index (χ4n) is 1.62. The van der Waals surface area contributed by atoms with Crippen molar-refractivity contribution in [1.82, 2.24) is 9.97 Å². The summed E-state index contributed by atoms with van der Waals surface area (Å²) >= 11 is 0. The number of benzene rings is 1. The van der Waals surface area contributed by atoms with E-state index in [0.717, 1.165) is 0 Å². The second-order valence-corrected chi connectivity index (χ2v) is 4.19. The Bertz CT molecular complexity index is 587. The molecule has 0 aliphatic carbocycles. The van der Waals surface area contributed by atoms with Crippen LogP contribution in [-0.4, -0.2) is 9.97 Å². The second-order valence-electron chi connectivity index (χ2n) is 4.19. The number of halogens is 1. The normalized spacial score (nSPS) is 10.5. The van der Waals surface area contributed by atoms with Crippen LogP contribution in [-0.2, 0) is 13.0 Å². The first kappa shape index (κ1) is 13.3. The zero-order valence-corrected chi connectivity index (χ0v) is 11.0. The summed E-state index contributed by atoms with van der Waals surface area (Å²) in [6, 6.07) is 6.48. The molecule has 0 aliphatic rings. The summed E-state index contributed by atoms with van der Waals surface area (Å²) in [6.45, 7) is 3.84. The zero-order valence-electron chi connectivity index (χ0n) is 11.0. The smallest absolute Gasteiger partial charge is 0.222 e. The van der Waals surface area contributed by atoms with E-state index in [1.807, 2.05) is 6.92 Å². The van der Waals surface area contributed by atoms with Gasteiger partial charge in [-0.05, 0) is 13.0 Å². The van der Waals surface area contributed by atoms with E-state index in [2.05, 4.69) is 9.97 Å². The van der Waals surface area contributed by atoms with E-state index < -0.39 is 0 Å². The van der Waals surface area contributed by atoms with Gasteiger partial charge in [0.25, 0.3) is 0 Å². The Balaban J connectivity index is 2.20. The maximum atomic E-state index is 13.5. The lowest BCUT2D eigenvalue weighted by atomic mass is 10.2. The Morgan fingerprint density at radius 2 is 2.00 bits per heavy atom. The molecule has 5 heteroatoms. The first-order valence-corrected chi connectivity index (χ1v) is 6.11. The molecule has 2 N–H and O–H groups in total. The third kappa shape index (κ3) is 2.99. The van der Waals surface area contributed by atoms with Gasteiger partial charge in [0.05, 0.1) is 5.56 Å². The number of aryl methyl sites for hydroxylation is 1. The van der Waals surface area contributed by atoms with E-state index in [9.17, 15) is 4.39 Å². The number of nitrogens with two attached hydrogens (primary N) is 1. The van der Waals surface area contributed by atoms with Crippen LogP contribution in [0.5, 0.6) is 5.88 Å². The molecule has 0 saturated heterocycles. The van der Waals surface area contributed by atoms with Crippen molar-refractivity contribution in [1.29, 1.82) is 0 Å². The molecule has 0 radical (unpaired) electrons. The molecule has 0 saturated carbocycles. The molecular formula is C14H16FN3O. The van der Waals surface area contributed by atoms with Gasteiger partial charge in [0.2, 0.25) is 5.88 Å². The van der Waals surface area contributed by atoms with Crippen molar-refractivity contribution >= 4 is 5.82 Å². The maximum Gasteiger partial charge on any atom is 0.222 e. The minimum Gasteiger partial charge on any atom is -0.472 e. The van der Waals surface area contributed by atoms with Gasteiger partial charge >= 0.3 is 0 Å². The van der Waals surface area contributed by atoms with Crippen LogP contribution in [0.1, 0.15) is 23.9 Å². The Morgan fingerprint density at radius 3 is 2.68 bits per heavy atom. The quantitative estimate of drug-likeness (QED) is 0.919. The third-order valence-electron chi connectivity index (χ3n) is 2.82. The predicted molar refractivity (Wildman–Crippen MR) is 71.3 cm³/mol. The molecule has 2 aromatic rings. The molecule has 4 nitrogen and oxygen atoms in total. The first-order chi connectivity index (χ1) is 9.11. The highest BCUT2D eigenvalue weighted by atomic mass is 19.1. The molecule has 0 atom stereocenters. The number of aromatic nitrogens is 2. The van der Waals surface area contributed by atoms with Crippen LogP contribution in [0.2, 0.25) is 0 Å². The fraction of sp³-hybridized carbons (Fsp3) is 0.286. The summed E-state index contributed by atoms with van der Waals surface area (Å²) < 4.78 is 19.0. The minimum absolute atomic E-state index is 0.118. The fourth-order valence-corrected chi connectivity index (χ4v) is 1.62. The van der Waals surface area contributed by atoms with E-state index in [-0.39, 0.29) is 12.4 Å². The highest BCUT2D eigenvalue weighted by molar-refractivity contribution is 5.44. The molecule has 2 rings (SSSR count). The number of ether oxygens (including phenoxy) is 1. The van der Waals surface area contributed by atoms with Crippen LogP contribution in [0.3, 0.4) is 0 Å². The maximum absolute atomic E-state index is 13.5. The Hall–Kier alpha value is -2.17. The molecule has 0 amide bonds. The lowest BCUT2D eigenvalue weighted by Gasteiger charge is -2.11. The largest absolute Gasteiger partial charge is 0.472 e. The van der Waals surface area contributed by atoms with Crippen LogP contribution >= 0.6 is 0 Å². The third-order valence-corrected chi connectivity index (χ3v) is 2.82. The van der Waals surface area contributed by atoms with Gasteiger partial charge in [0, 0.05) is 12.0 Å². The van der Waals surface area contributed by atoms with E-state index in [0.29, 0.717) is 35.1 Å². The van der Waals surface area contributed by atoms with Gasteiger partial charge in [0.1, 0.15) is 24.1 Å². The number of hydrogen-bond acceptors (Lipinski definition) is 4. The van der Waals surface area contributed by atoms with Crippen molar-refractivity contribution < 1.29 is 9.13 Å². The highest BCUT2D eigenvalue weighted by Crippen LogP contribution is 2.21. The Labute approximate surface area is 111 Å². The van der Waals surface area contributed by atoms with Gasteiger partial charge in [-0.25, -0.2) is 9.37 Å². The average molecular weight is 261 g/mol. The summed E-state index contributed by atoms with van der Waals surface area (Å²) in [7, 11) is 0. The highest BCUT2D eigenvalue weighted by Gasteiger charge is 2.10. The van der Waals surface area contributed by atoms with E-state index in [1.165, 1.54) is 6.07 Å². The molecule has 1 aromatic carbocycles. The molecular weight excluding hydrogens is 245 g/mol. The van der Waals surface area contributed by atoms with Crippen LogP contribution in [0.15, 0.2) is 24.3 Å². The summed E-state index contributed by atoms with van der Waals surface area (Å²) in [6.07, 6.45) is 0.667. The Kier molecular flexibility index (Phi) is 3.94.